The molecule has 2 heteroatoms. The number of benzene rings is 4. The molecule has 8 rings (SSSR count). The van der Waals surface area contributed by atoms with Gasteiger partial charge < -0.3 is 9.80 Å². The molecule has 0 aromatic heterocycles. The Morgan fingerprint density at radius 2 is 1.03 bits per heavy atom. The van der Waals surface area contributed by atoms with Gasteiger partial charge in [-0.25, -0.2) is 0 Å². The first-order valence-corrected chi connectivity index (χ1v) is 13.5. The van der Waals surface area contributed by atoms with Crippen LogP contribution >= 0.6 is 0 Å². The summed E-state index contributed by atoms with van der Waals surface area (Å²) in [6.07, 6.45) is 7.29. The Morgan fingerprint density at radius 3 is 1.57 bits per heavy atom. The Kier molecular flexibility index (Phi) is 4.88. The Hall–Kier alpha value is -3.00. The zero-order valence-electron chi connectivity index (χ0n) is 21.2. The highest BCUT2D eigenvalue weighted by atomic mass is 15.2. The summed E-state index contributed by atoms with van der Waals surface area (Å²) in [5, 5.41) is 5.33. The van der Waals surface area contributed by atoms with Gasteiger partial charge in [-0.2, -0.15) is 0 Å². The van der Waals surface area contributed by atoms with Crippen LogP contribution in [-0.4, -0.2) is 27.2 Å². The van der Waals surface area contributed by atoms with Crippen molar-refractivity contribution in [3.8, 4) is 11.1 Å². The van der Waals surface area contributed by atoms with Gasteiger partial charge in [0.1, 0.15) is 0 Å². The fourth-order valence-electron chi connectivity index (χ4n) is 8.40. The average Bonchev–Trinajstić information content (AvgIpc) is 2.86. The van der Waals surface area contributed by atoms with Crippen molar-refractivity contribution >= 4 is 32.9 Å². The molecule has 0 unspecified atom stereocenters. The summed E-state index contributed by atoms with van der Waals surface area (Å²) in [6.45, 7) is 0. The Bertz CT molecular complexity index is 1390. The first kappa shape index (κ1) is 21.3. The third-order valence-corrected chi connectivity index (χ3v) is 9.55. The van der Waals surface area contributed by atoms with Crippen molar-refractivity contribution in [2.45, 2.75) is 38.1 Å². The standard InChI is InChI=1S/C33H36N2/c1-34(2)29-14-12-23-8-4-6-10-27(23)31(29)32-28-11-7-5-9-24(28)13-15-30(32)35(3)33-25-17-21-16-22(19-25)20-26(33)18-21/h4-15,21-22,25-26,33H,16-20H2,1-3H3. The van der Waals surface area contributed by atoms with Gasteiger partial charge in [-0.05, 0) is 89.5 Å². The van der Waals surface area contributed by atoms with Gasteiger partial charge in [0.05, 0.1) is 0 Å². The van der Waals surface area contributed by atoms with Gasteiger partial charge in [0, 0.05) is 49.7 Å². The average molecular weight is 461 g/mol. The van der Waals surface area contributed by atoms with Crippen LogP contribution in [-0.2, 0) is 0 Å². The molecular formula is C33H36N2. The van der Waals surface area contributed by atoms with E-state index in [1.54, 1.807) is 0 Å². The lowest BCUT2D eigenvalue weighted by Crippen LogP contribution is -2.55. The van der Waals surface area contributed by atoms with Crippen LogP contribution in [0.15, 0.2) is 72.8 Å². The molecule has 0 saturated heterocycles. The van der Waals surface area contributed by atoms with E-state index in [1.165, 1.54) is 76.2 Å². The minimum atomic E-state index is 0.667. The molecule has 0 heterocycles. The number of hydrogen-bond donors (Lipinski definition) is 0. The molecular weight excluding hydrogens is 424 g/mol. The molecule has 4 aromatic carbocycles. The second kappa shape index (κ2) is 8.01. The normalized spacial score (nSPS) is 27.0. The van der Waals surface area contributed by atoms with Gasteiger partial charge in [-0.1, -0.05) is 60.7 Å². The van der Waals surface area contributed by atoms with Crippen molar-refractivity contribution in [1.82, 2.24) is 0 Å². The van der Waals surface area contributed by atoms with Gasteiger partial charge >= 0.3 is 0 Å². The van der Waals surface area contributed by atoms with Crippen molar-refractivity contribution in [3.63, 3.8) is 0 Å². The Morgan fingerprint density at radius 1 is 0.543 bits per heavy atom. The van der Waals surface area contributed by atoms with E-state index in [1.807, 2.05) is 0 Å². The minimum absolute atomic E-state index is 0.667. The molecule has 0 radical (unpaired) electrons. The quantitative estimate of drug-likeness (QED) is 0.304. The summed E-state index contributed by atoms with van der Waals surface area (Å²) in [6, 6.07) is 27.9. The minimum Gasteiger partial charge on any atom is -0.377 e. The van der Waals surface area contributed by atoms with Gasteiger partial charge in [-0.3, -0.25) is 0 Å². The zero-order valence-corrected chi connectivity index (χ0v) is 21.2. The van der Waals surface area contributed by atoms with E-state index in [0.29, 0.717) is 6.04 Å². The lowest BCUT2D eigenvalue weighted by Gasteiger charge is -2.57. The van der Waals surface area contributed by atoms with E-state index in [-0.39, 0.29) is 0 Å². The molecule has 4 aromatic rings. The van der Waals surface area contributed by atoms with Crippen molar-refractivity contribution in [1.29, 1.82) is 0 Å². The molecule has 35 heavy (non-hydrogen) atoms. The molecule has 2 nitrogen and oxygen atoms in total. The fraction of sp³-hybridized carbons (Fsp3) is 0.394. The fourth-order valence-corrected chi connectivity index (χ4v) is 8.40. The molecule has 0 atom stereocenters. The van der Waals surface area contributed by atoms with E-state index >= 15 is 0 Å². The highest BCUT2D eigenvalue weighted by Gasteiger charge is 2.49. The van der Waals surface area contributed by atoms with Crippen LogP contribution < -0.4 is 9.80 Å². The molecule has 178 valence electrons. The summed E-state index contributed by atoms with van der Waals surface area (Å²) in [7, 11) is 6.76. The third-order valence-electron chi connectivity index (χ3n) is 9.55. The number of hydrogen-bond acceptors (Lipinski definition) is 2. The van der Waals surface area contributed by atoms with Gasteiger partial charge in [0.25, 0.3) is 0 Å². The largest absolute Gasteiger partial charge is 0.377 e. The number of rotatable bonds is 4. The molecule has 4 aliphatic carbocycles. The van der Waals surface area contributed by atoms with Crippen LogP contribution in [0.1, 0.15) is 32.1 Å². The molecule has 0 spiro atoms. The molecule has 4 aliphatic rings. The molecule has 4 bridgehead atoms. The molecule has 0 amide bonds. The Labute approximate surface area is 209 Å². The maximum Gasteiger partial charge on any atom is 0.0453 e. The number of anilines is 2. The van der Waals surface area contributed by atoms with Gasteiger partial charge in [0.2, 0.25) is 0 Å². The first-order chi connectivity index (χ1) is 17.1. The molecule has 0 aliphatic heterocycles. The van der Waals surface area contributed by atoms with E-state index in [4.69, 9.17) is 0 Å². The van der Waals surface area contributed by atoms with Crippen LogP contribution in [0.5, 0.6) is 0 Å². The van der Waals surface area contributed by atoms with E-state index in [2.05, 4.69) is 104 Å². The summed E-state index contributed by atoms with van der Waals surface area (Å²) in [5.41, 5.74) is 5.47. The predicted octanol–water partition coefficient (Wildman–Crippen LogP) is 7.99. The van der Waals surface area contributed by atoms with E-state index in [0.717, 1.165) is 23.7 Å². The molecule has 0 N–H and O–H groups in total. The zero-order chi connectivity index (χ0) is 23.7. The topological polar surface area (TPSA) is 6.48 Å². The van der Waals surface area contributed by atoms with Crippen molar-refractivity contribution < 1.29 is 0 Å². The SMILES string of the molecule is CN(C)c1ccc2ccccc2c1-c1c(N(C)C2C3CC4CC(C3)CC2C4)ccc2ccccc12. The number of nitrogens with zero attached hydrogens (tertiary/aromatic N) is 2. The van der Waals surface area contributed by atoms with Crippen molar-refractivity contribution in [3.05, 3.63) is 72.8 Å². The second-order valence-electron chi connectivity index (χ2n) is 11.8. The summed E-state index contributed by atoms with van der Waals surface area (Å²) < 4.78 is 0. The third kappa shape index (κ3) is 3.29. The van der Waals surface area contributed by atoms with E-state index in [9.17, 15) is 0 Å². The van der Waals surface area contributed by atoms with Gasteiger partial charge in [-0.15, -0.1) is 0 Å². The first-order valence-electron chi connectivity index (χ1n) is 13.5. The summed E-state index contributed by atoms with van der Waals surface area (Å²) in [5.74, 6) is 3.71. The van der Waals surface area contributed by atoms with Crippen LogP contribution in [0.3, 0.4) is 0 Å². The maximum absolute atomic E-state index is 2.72. The summed E-state index contributed by atoms with van der Waals surface area (Å²) >= 11 is 0. The van der Waals surface area contributed by atoms with Crippen molar-refractivity contribution in [2.24, 2.45) is 23.7 Å². The molecule has 4 fully saturated rings. The smallest absolute Gasteiger partial charge is 0.0453 e. The highest BCUT2D eigenvalue weighted by molar-refractivity contribution is 6.13. The lowest BCUT2D eigenvalue weighted by atomic mass is 9.54. The monoisotopic (exact) mass is 460 g/mol. The van der Waals surface area contributed by atoms with Crippen LogP contribution in [0, 0.1) is 23.7 Å². The maximum atomic E-state index is 2.72. The predicted molar refractivity (Wildman–Crippen MR) is 150 cm³/mol. The second-order valence-corrected chi connectivity index (χ2v) is 11.8. The highest BCUT2D eigenvalue weighted by Crippen LogP contribution is 2.56. The van der Waals surface area contributed by atoms with Crippen molar-refractivity contribution in [2.75, 3.05) is 30.9 Å². The summed E-state index contributed by atoms with van der Waals surface area (Å²) in [4.78, 5) is 5.01. The Balaban J connectivity index is 1.49. The molecule has 4 saturated carbocycles. The van der Waals surface area contributed by atoms with Gasteiger partial charge in [0.15, 0.2) is 0 Å². The van der Waals surface area contributed by atoms with E-state index < -0.39 is 0 Å². The van der Waals surface area contributed by atoms with Crippen LogP contribution in [0.2, 0.25) is 0 Å². The van der Waals surface area contributed by atoms with Crippen LogP contribution in [0.25, 0.3) is 32.7 Å². The van der Waals surface area contributed by atoms with Crippen LogP contribution in [0.4, 0.5) is 11.4 Å². The lowest BCUT2D eigenvalue weighted by molar-refractivity contribution is -0.00118. The number of fused-ring (bicyclic) bond motifs is 2.